The summed E-state index contributed by atoms with van der Waals surface area (Å²) < 4.78 is 6.69. The van der Waals surface area contributed by atoms with Gasteiger partial charge in [0.05, 0.1) is 5.69 Å². The standard InChI is InChI=1S/C13H19N3O4/c1-16-10(4-6-14-16)12(13(18)19)15-11(17)3-2-9-5-7-20-8-9/h4,6,9,12H,2-3,5,7-8H2,1H3,(H,15,17)(H,18,19). The normalized spacial score (nSPS) is 19.8. The van der Waals surface area contributed by atoms with Crippen LogP contribution in [0.1, 0.15) is 31.0 Å². The van der Waals surface area contributed by atoms with Crippen molar-refractivity contribution in [1.29, 1.82) is 0 Å². The molecule has 2 rings (SSSR count). The van der Waals surface area contributed by atoms with Crippen molar-refractivity contribution in [3.8, 4) is 0 Å². The second-order valence-electron chi connectivity index (χ2n) is 4.99. The lowest BCUT2D eigenvalue weighted by Crippen LogP contribution is -2.35. The molecule has 110 valence electrons. The topological polar surface area (TPSA) is 93.5 Å². The minimum atomic E-state index is -1.09. The van der Waals surface area contributed by atoms with Crippen LogP contribution in [0.15, 0.2) is 12.3 Å². The number of nitrogens with zero attached hydrogens (tertiary/aromatic N) is 2. The fraction of sp³-hybridized carbons (Fsp3) is 0.615. The lowest BCUT2D eigenvalue weighted by Gasteiger charge is -2.15. The number of hydrogen-bond acceptors (Lipinski definition) is 4. The Morgan fingerprint density at radius 3 is 3.00 bits per heavy atom. The maximum atomic E-state index is 11.9. The van der Waals surface area contributed by atoms with E-state index in [0.29, 0.717) is 24.6 Å². The molecule has 1 fully saturated rings. The van der Waals surface area contributed by atoms with Crippen molar-refractivity contribution in [3.05, 3.63) is 18.0 Å². The van der Waals surface area contributed by atoms with Gasteiger partial charge in [-0.15, -0.1) is 0 Å². The van der Waals surface area contributed by atoms with E-state index in [0.717, 1.165) is 19.4 Å². The van der Waals surface area contributed by atoms with E-state index in [1.807, 2.05) is 0 Å². The maximum Gasteiger partial charge on any atom is 0.332 e. The predicted octanol–water partition coefficient (Wildman–Crippen LogP) is 0.479. The van der Waals surface area contributed by atoms with Gasteiger partial charge in [-0.3, -0.25) is 9.48 Å². The summed E-state index contributed by atoms with van der Waals surface area (Å²) in [6, 6.07) is 0.527. The Morgan fingerprint density at radius 1 is 1.65 bits per heavy atom. The largest absolute Gasteiger partial charge is 0.479 e. The van der Waals surface area contributed by atoms with Gasteiger partial charge in [-0.25, -0.2) is 4.79 Å². The van der Waals surface area contributed by atoms with Crippen LogP contribution in [0.5, 0.6) is 0 Å². The van der Waals surface area contributed by atoms with Crippen molar-refractivity contribution in [2.24, 2.45) is 13.0 Å². The number of nitrogens with one attached hydrogen (secondary N) is 1. The number of amides is 1. The molecule has 0 aliphatic carbocycles. The highest BCUT2D eigenvalue weighted by Gasteiger charge is 2.25. The third kappa shape index (κ3) is 3.57. The van der Waals surface area contributed by atoms with Gasteiger partial charge in [-0.2, -0.15) is 5.10 Å². The van der Waals surface area contributed by atoms with Crippen molar-refractivity contribution >= 4 is 11.9 Å². The maximum absolute atomic E-state index is 11.9. The number of ether oxygens (including phenoxy) is 1. The Morgan fingerprint density at radius 2 is 2.45 bits per heavy atom. The van der Waals surface area contributed by atoms with Crippen LogP contribution >= 0.6 is 0 Å². The van der Waals surface area contributed by atoms with Crippen molar-refractivity contribution in [2.45, 2.75) is 25.3 Å². The van der Waals surface area contributed by atoms with E-state index < -0.39 is 12.0 Å². The van der Waals surface area contributed by atoms with E-state index >= 15 is 0 Å². The molecule has 7 heteroatoms. The molecular weight excluding hydrogens is 262 g/mol. The van der Waals surface area contributed by atoms with E-state index in [1.165, 1.54) is 10.9 Å². The number of hydrogen-bond donors (Lipinski definition) is 2. The van der Waals surface area contributed by atoms with Crippen molar-refractivity contribution < 1.29 is 19.4 Å². The zero-order valence-corrected chi connectivity index (χ0v) is 11.4. The molecule has 1 aromatic heterocycles. The Labute approximate surface area is 116 Å². The lowest BCUT2D eigenvalue weighted by atomic mass is 10.0. The molecule has 2 atom stereocenters. The van der Waals surface area contributed by atoms with Gasteiger partial charge >= 0.3 is 5.97 Å². The second kappa shape index (κ2) is 6.51. The first kappa shape index (κ1) is 14.5. The van der Waals surface area contributed by atoms with Crippen LogP contribution in [0, 0.1) is 5.92 Å². The van der Waals surface area contributed by atoms with Crippen LogP contribution in [0.3, 0.4) is 0 Å². The molecule has 2 unspecified atom stereocenters. The summed E-state index contributed by atoms with van der Waals surface area (Å²) in [6.45, 7) is 1.44. The third-order valence-electron chi connectivity index (χ3n) is 3.51. The average Bonchev–Trinajstić information content (AvgIpc) is 3.04. The smallest absolute Gasteiger partial charge is 0.332 e. The van der Waals surface area contributed by atoms with Crippen molar-refractivity contribution in [2.75, 3.05) is 13.2 Å². The molecule has 2 heterocycles. The number of aliphatic carboxylic acids is 1. The molecule has 0 radical (unpaired) electrons. The van der Waals surface area contributed by atoms with Gasteiger partial charge in [0.1, 0.15) is 0 Å². The van der Waals surface area contributed by atoms with Crippen LogP contribution in [-0.4, -0.2) is 40.0 Å². The van der Waals surface area contributed by atoms with Gasteiger partial charge in [0.15, 0.2) is 6.04 Å². The Hall–Kier alpha value is -1.89. The zero-order chi connectivity index (χ0) is 14.5. The summed E-state index contributed by atoms with van der Waals surface area (Å²) in [6.07, 6.45) is 3.52. The molecule has 0 bridgehead atoms. The number of aryl methyl sites for hydroxylation is 1. The Bertz CT molecular complexity index is 480. The molecule has 2 N–H and O–H groups in total. The monoisotopic (exact) mass is 281 g/mol. The molecule has 1 aliphatic rings. The molecule has 0 aromatic carbocycles. The summed E-state index contributed by atoms with van der Waals surface area (Å²) >= 11 is 0. The van der Waals surface area contributed by atoms with E-state index in [1.54, 1.807) is 13.1 Å². The SMILES string of the molecule is Cn1nccc1C(NC(=O)CCC1CCOC1)C(=O)O. The number of carboxylic acids is 1. The van der Waals surface area contributed by atoms with Gasteiger partial charge in [0.25, 0.3) is 0 Å². The predicted molar refractivity (Wildman–Crippen MR) is 69.9 cm³/mol. The van der Waals surface area contributed by atoms with E-state index in [-0.39, 0.29) is 5.91 Å². The summed E-state index contributed by atoms with van der Waals surface area (Å²) in [5, 5.41) is 15.7. The van der Waals surface area contributed by atoms with Gasteiger partial charge in [-0.05, 0) is 24.8 Å². The lowest BCUT2D eigenvalue weighted by molar-refractivity contribution is -0.142. The highest BCUT2D eigenvalue weighted by Crippen LogP contribution is 2.18. The first-order chi connectivity index (χ1) is 9.58. The minimum Gasteiger partial charge on any atom is -0.479 e. The highest BCUT2D eigenvalue weighted by atomic mass is 16.5. The molecule has 0 saturated carbocycles. The molecule has 1 saturated heterocycles. The molecule has 1 amide bonds. The van der Waals surface area contributed by atoms with Gasteiger partial charge in [0.2, 0.25) is 5.91 Å². The first-order valence-electron chi connectivity index (χ1n) is 6.65. The summed E-state index contributed by atoms with van der Waals surface area (Å²) in [7, 11) is 1.65. The third-order valence-corrected chi connectivity index (χ3v) is 3.51. The first-order valence-corrected chi connectivity index (χ1v) is 6.65. The van der Waals surface area contributed by atoms with E-state index in [9.17, 15) is 14.7 Å². The fourth-order valence-corrected chi connectivity index (χ4v) is 2.31. The Balaban J connectivity index is 1.89. The van der Waals surface area contributed by atoms with Gasteiger partial charge < -0.3 is 15.2 Å². The van der Waals surface area contributed by atoms with Crippen molar-refractivity contribution in [3.63, 3.8) is 0 Å². The number of carbonyl (C=O) groups is 2. The number of rotatable bonds is 6. The van der Waals surface area contributed by atoms with E-state index in [4.69, 9.17) is 4.74 Å². The number of aromatic nitrogens is 2. The zero-order valence-electron chi connectivity index (χ0n) is 11.4. The number of carbonyl (C=O) groups excluding carboxylic acids is 1. The van der Waals surface area contributed by atoms with Crippen LogP contribution < -0.4 is 5.32 Å². The minimum absolute atomic E-state index is 0.259. The molecule has 0 spiro atoms. The summed E-state index contributed by atoms with van der Waals surface area (Å²) in [5.74, 6) is -0.947. The molecule has 1 aromatic rings. The summed E-state index contributed by atoms with van der Waals surface area (Å²) in [4.78, 5) is 23.1. The second-order valence-corrected chi connectivity index (χ2v) is 4.99. The van der Waals surface area contributed by atoms with Crippen LogP contribution in [0.4, 0.5) is 0 Å². The molecule has 20 heavy (non-hydrogen) atoms. The van der Waals surface area contributed by atoms with E-state index in [2.05, 4.69) is 10.4 Å². The molecule has 7 nitrogen and oxygen atoms in total. The van der Waals surface area contributed by atoms with Crippen LogP contribution in [-0.2, 0) is 21.4 Å². The Kier molecular flexibility index (Phi) is 4.73. The van der Waals surface area contributed by atoms with Crippen LogP contribution in [0.25, 0.3) is 0 Å². The number of carboxylic acid groups (broad SMARTS) is 1. The van der Waals surface area contributed by atoms with Crippen molar-refractivity contribution in [1.82, 2.24) is 15.1 Å². The summed E-state index contributed by atoms with van der Waals surface area (Å²) in [5.41, 5.74) is 0.454. The average molecular weight is 281 g/mol. The molecule has 1 aliphatic heterocycles. The quantitative estimate of drug-likeness (QED) is 0.791. The highest BCUT2D eigenvalue weighted by molar-refractivity contribution is 5.84. The van der Waals surface area contributed by atoms with Gasteiger partial charge in [0, 0.05) is 32.9 Å². The molecular formula is C13H19N3O4. The fourth-order valence-electron chi connectivity index (χ4n) is 2.31. The van der Waals surface area contributed by atoms with Crippen LogP contribution in [0.2, 0.25) is 0 Å². The van der Waals surface area contributed by atoms with Gasteiger partial charge in [-0.1, -0.05) is 0 Å².